The van der Waals surface area contributed by atoms with Crippen LogP contribution in [0.5, 0.6) is 0 Å². The summed E-state index contributed by atoms with van der Waals surface area (Å²) in [7, 11) is 0. The first-order chi connectivity index (χ1) is 5.25. The Morgan fingerprint density at radius 2 is 2.36 bits per heavy atom. The van der Waals surface area contributed by atoms with Gasteiger partial charge in [0.2, 0.25) is 0 Å². The highest BCUT2D eigenvalue weighted by Gasteiger charge is 2.05. The van der Waals surface area contributed by atoms with Crippen LogP contribution in [0.2, 0.25) is 5.02 Å². The zero-order valence-corrected chi connectivity index (χ0v) is 7.65. The molecule has 0 aromatic heterocycles. The first kappa shape index (κ1) is 8.61. The van der Waals surface area contributed by atoms with E-state index in [9.17, 15) is 0 Å². The fourth-order valence-corrected chi connectivity index (χ4v) is 1.35. The second-order valence-electron chi connectivity index (χ2n) is 2.76. The van der Waals surface area contributed by atoms with Gasteiger partial charge in [0.15, 0.2) is 0 Å². The molecule has 1 unspecified atom stereocenters. The fraction of sp³-hybridized carbons (Fsp3) is 0.400. The summed E-state index contributed by atoms with van der Waals surface area (Å²) >= 11 is 5.97. The van der Waals surface area contributed by atoms with Crippen LogP contribution in [0.4, 0.5) is 0 Å². The van der Waals surface area contributed by atoms with Crippen molar-refractivity contribution in [2.75, 3.05) is 0 Å². The average molecular weight is 168 g/mol. The van der Waals surface area contributed by atoms with E-state index < -0.39 is 0 Å². The highest BCUT2D eigenvalue weighted by Crippen LogP contribution is 2.25. The molecule has 0 amide bonds. The molecular weight excluding hydrogens is 156 g/mol. The zero-order valence-electron chi connectivity index (χ0n) is 6.89. The van der Waals surface area contributed by atoms with Gasteiger partial charge in [0.05, 0.1) is 0 Å². The monoisotopic (exact) mass is 167 g/mol. The summed E-state index contributed by atoms with van der Waals surface area (Å²) in [5.41, 5.74) is 1.23. The summed E-state index contributed by atoms with van der Waals surface area (Å²) in [6.07, 6.45) is 1.13. The predicted octanol–water partition coefficient (Wildman–Crippen LogP) is 3.65. The quantitative estimate of drug-likeness (QED) is 0.631. The number of halogens is 1. The Labute approximate surface area is 73.2 Å². The summed E-state index contributed by atoms with van der Waals surface area (Å²) in [5.74, 6) is 0.553. The van der Waals surface area contributed by atoms with Crippen molar-refractivity contribution in [1.29, 1.82) is 0 Å². The van der Waals surface area contributed by atoms with E-state index in [1.54, 1.807) is 0 Å². The molecule has 11 heavy (non-hydrogen) atoms. The summed E-state index contributed by atoms with van der Waals surface area (Å²) in [6.45, 7) is 4.35. The average Bonchev–Trinajstić information content (AvgIpc) is 2.04. The lowest BCUT2D eigenvalue weighted by atomic mass is 9.99. The third-order valence-corrected chi connectivity index (χ3v) is 2.32. The third-order valence-electron chi connectivity index (χ3n) is 1.99. The minimum atomic E-state index is 0.553. The van der Waals surface area contributed by atoms with Crippen LogP contribution in [0, 0.1) is 6.07 Å². The van der Waals surface area contributed by atoms with Gasteiger partial charge < -0.3 is 0 Å². The van der Waals surface area contributed by atoms with Crippen LogP contribution < -0.4 is 0 Å². The summed E-state index contributed by atoms with van der Waals surface area (Å²) in [4.78, 5) is 0. The van der Waals surface area contributed by atoms with Gasteiger partial charge in [0.25, 0.3) is 0 Å². The zero-order chi connectivity index (χ0) is 8.27. The lowest BCUT2D eigenvalue weighted by Gasteiger charge is -2.09. The van der Waals surface area contributed by atoms with Crippen molar-refractivity contribution in [2.24, 2.45) is 0 Å². The Morgan fingerprint density at radius 1 is 1.64 bits per heavy atom. The third kappa shape index (κ3) is 1.97. The Morgan fingerprint density at radius 3 is 2.91 bits per heavy atom. The standard InChI is InChI=1S/C10H12Cl/c1-3-8(2)9-6-4-5-7-10(9)11/h4,6-8H,3H2,1-2H3. The van der Waals surface area contributed by atoms with Crippen molar-refractivity contribution in [3.8, 4) is 0 Å². The molecule has 1 aromatic rings. The van der Waals surface area contributed by atoms with Crippen molar-refractivity contribution in [1.82, 2.24) is 0 Å². The van der Waals surface area contributed by atoms with Crippen LogP contribution in [0.25, 0.3) is 0 Å². The van der Waals surface area contributed by atoms with Crippen molar-refractivity contribution in [3.05, 3.63) is 34.9 Å². The maximum absolute atomic E-state index is 5.97. The smallest absolute Gasteiger partial charge is 0.0446 e. The number of hydrogen-bond acceptors (Lipinski definition) is 0. The van der Waals surface area contributed by atoms with Crippen LogP contribution in [-0.4, -0.2) is 0 Å². The molecule has 0 saturated carbocycles. The van der Waals surface area contributed by atoms with Crippen LogP contribution in [0.3, 0.4) is 0 Å². The van der Waals surface area contributed by atoms with Crippen LogP contribution >= 0.6 is 11.6 Å². The van der Waals surface area contributed by atoms with Crippen LogP contribution in [0.1, 0.15) is 31.7 Å². The molecular formula is C10H12Cl. The van der Waals surface area contributed by atoms with E-state index in [0.717, 1.165) is 11.4 Å². The van der Waals surface area contributed by atoms with Gasteiger partial charge in [-0.15, -0.1) is 0 Å². The van der Waals surface area contributed by atoms with Gasteiger partial charge in [-0.25, -0.2) is 0 Å². The Hall–Kier alpha value is -0.490. The van der Waals surface area contributed by atoms with Crippen molar-refractivity contribution in [2.45, 2.75) is 26.2 Å². The molecule has 1 radical (unpaired) electrons. The molecule has 59 valence electrons. The molecule has 0 N–H and O–H groups in total. The predicted molar refractivity (Wildman–Crippen MR) is 49.0 cm³/mol. The molecule has 0 aliphatic carbocycles. The van der Waals surface area contributed by atoms with E-state index in [1.165, 1.54) is 5.56 Å². The molecule has 0 fully saturated rings. The summed E-state index contributed by atoms with van der Waals surface area (Å²) < 4.78 is 0. The summed E-state index contributed by atoms with van der Waals surface area (Å²) in [5, 5.41) is 0.835. The van der Waals surface area contributed by atoms with Gasteiger partial charge in [-0.2, -0.15) is 0 Å². The van der Waals surface area contributed by atoms with E-state index in [2.05, 4.69) is 19.9 Å². The van der Waals surface area contributed by atoms with Gasteiger partial charge in [-0.3, -0.25) is 0 Å². The van der Waals surface area contributed by atoms with Crippen molar-refractivity contribution >= 4 is 11.6 Å². The van der Waals surface area contributed by atoms with Crippen molar-refractivity contribution in [3.63, 3.8) is 0 Å². The molecule has 0 bridgehead atoms. The van der Waals surface area contributed by atoms with Gasteiger partial charge >= 0.3 is 0 Å². The van der Waals surface area contributed by atoms with E-state index >= 15 is 0 Å². The lowest BCUT2D eigenvalue weighted by molar-refractivity contribution is 0.734. The molecule has 0 spiro atoms. The molecule has 0 aliphatic heterocycles. The topological polar surface area (TPSA) is 0 Å². The van der Waals surface area contributed by atoms with Gasteiger partial charge in [0.1, 0.15) is 0 Å². The van der Waals surface area contributed by atoms with Crippen molar-refractivity contribution < 1.29 is 0 Å². The van der Waals surface area contributed by atoms with E-state index in [0.29, 0.717) is 5.92 Å². The highest BCUT2D eigenvalue weighted by atomic mass is 35.5. The first-order valence-corrected chi connectivity index (χ1v) is 4.29. The van der Waals surface area contributed by atoms with Crippen LogP contribution in [-0.2, 0) is 0 Å². The minimum Gasteiger partial charge on any atom is -0.0840 e. The van der Waals surface area contributed by atoms with Gasteiger partial charge in [-0.05, 0) is 30.0 Å². The molecule has 1 atom stereocenters. The maximum Gasteiger partial charge on any atom is 0.0446 e. The largest absolute Gasteiger partial charge is 0.0840 e. The molecule has 0 saturated heterocycles. The first-order valence-electron chi connectivity index (χ1n) is 3.91. The number of rotatable bonds is 2. The molecule has 0 heterocycles. The Balaban J connectivity index is 2.93. The molecule has 1 heteroatoms. The fourth-order valence-electron chi connectivity index (χ4n) is 1.04. The second kappa shape index (κ2) is 3.77. The molecule has 0 nitrogen and oxygen atoms in total. The van der Waals surface area contributed by atoms with E-state index in [-0.39, 0.29) is 0 Å². The van der Waals surface area contributed by atoms with E-state index in [1.807, 2.05) is 18.2 Å². The molecule has 1 aromatic carbocycles. The van der Waals surface area contributed by atoms with Crippen LogP contribution in [0.15, 0.2) is 18.2 Å². The molecule has 1 rings (SSSR count). The lowest BCUT2D eigenvalue weighted by Crippen LogP contribution is -1.91. The normalized spacial score (nSPS) is 13.0. The highest BCUT2D eigenvalue weighted by molar-refractivity contribution is 6.31. The minimum absolute atomic E-state index is 0.553. The number of benzene rings is 1. The van der Waals surface area contributed by atoms with E-state index in [4.69, 9.17) is 11.6 Å². The summed E-state index contributed by atoms with van der Waals surface area (Å²) in [6, 6.07) is 8.72. The van der Waals surface area contributed by atoms with Gasteiger partial charge in [0, 0.05) is 5.02 Å². The Bertz CT molecular complexity index is 230. The molecule has 0 aliphatic rings. The maximum atomic E-state index is 5.97. The second-order valence-corrected chi connectivity index (χ2v) is 3.16. The number of hydrogen-bond donors (Lipinski definition) is 0. The SMILES string of the molecule is CCC(C)c1cc[c]cc1Cl. The van der Waals surface area contributed by atoms with Gasteiger partial charge in [-0.1, -0.05) is 37.6 Å². The Kier molecular flexibility index (Phi) is 2.95.